The van der Waals surface area contributed by atoms with Gasteiger partial charge in [0.1, 0.15) is 31.2 Å². The fourth-order valence-corrected chi connectivity index (χ4v) is 4.33. The minimum atomic E-state index is -2.59. The molecule has 0 aromatic carbocycles. The van der Waals surface area contributed by atoms with Gasteiger partial charge in [-0.25, -0.2) is 9.59 Å². The number of ether oxygens (including phenoxy) is 2. The topological polar surface area (TPSA) is 204 Å². The average molecular weight is 534 g/mol. The van der Waals surface area contributed by atoms with Gasteiger partial charge < -0.3 is 35.1 Å². The molecule has 2 aromatic heterocycles. The quantitative estimate of drug-likeness (QED) is 0.380. The Labute approximate surface area is 202 Å². The first-order valence-corrected chi connectivity index (χ1v) is 15.6. The second-order valence-electron chi connectivity index (χ2n) is 8.48. The van der Waals surface area contributed by atoms with Crippen LogP contribution in [0.1, 0.15) is 0 Å². The first kappa shape index (κ1) is 28.9. The number of rotatable bonds is 8. The maximum atomic E-state index is 11.5. The van der Waals surface area contributed by atoms with E-state index >= 15 is 0 Å². The fourth-order valence-electron chi connectivity index (χ4n) is 2.72. The van der Waals surface area contributed by atoms with Crippen molar-refractivity contribution in [3.8, 4) is 0 Å². The van der Waals surface area contributed by atoms with Crippen LogP contribution in [-0.4, -0.2) is 82.3 Å². The summed E-state index contributed by atoms with van der Waals surface area (Å²) < 4.78 is 41.5. The van der Waals surface area contributed by atoms with E-state index in [9.17, 15) is 18.7 Å². The lowest BCUT2D eigenvalue weighted by atomic mass is 10.3. The molecule has 14 nitrogen and oxygen atoms in total. The summed E-state index contributed by atoms with van der Waals surface area (Å²) in [7, 11) is -4.91. The highest BCUT2D eigenvalue weighted by Crippen LogP contribution is 2.45. The van der Waals surface area contributed by atoms with Gasteiger partial charge in [-0.2, -0.15) is 9.97 Å². The molecule has 1 aliphatic heterocycles. The molecule has 16 heteroatoms. The summed E-state index contributed by atoms with van der Waals surface area (Å²) in [5.41, 5.74) is 9.81. The third-order valence-corrected chi connectivity index (χ3v) is 6.58. The van der Waals surface area contributed by atoms with Crippen molar-refractivity contribution in [3.05, 3.63) is 45.5 Å². The molecule has 1 aliphatic rings. The lowest BCUT2D eigenvalue weighted by molar-refractivity contribution is 0.00381. The Kier molecular flexibility index (Phi) is 10.4. The van der Waals surface area contributed by atoms with E-state index < -0.39 is 32.0 Å². The molecule has 0 bridgehead atoms. The van der Waals surface area contributed by atoms with Gasteiger partial charge in [-0.15, -0.1) is 0 Å². The fraction of sp³-hybridized carbons (Fsp3) is 0.579. The normalized spacial score (nSPS) is 21.1. The van der Waals surface area contributed by atoms with Gasteiger partial charge in [0, 0.05) is 19.1 Å². The zero-order valence-electron chi connectivity index (χ0n) is 19.8. The van der Waals surface area contributed by atoms with Crippen molar-refractivity contribution in [2.75, 3.05) is 57.4 Å². The molecule has 1 saturated heterocycles. The van der Waals surface area contributed by atoms with Crippen molar-refractivity contribution in [3.63, 3.8) is 0 Å². The molecule has 2 aromatic rings. The Balaban J connectivity index is 0.000000247. The SMILES string of the molecule is CP(C)(=O)CO[C@H](CO)Cn1ccc(N)nc1=O.CP1(=O)CO[C@@H](Cn2ccc(N)nc2=O)CO1. The molecular formula is C19H32N6O8P2. The van der Waals surface area contributed by atoms with Gasteiger partial charge in [0.25, 0.3) is 0 Å². The molecule has 0 aliphatic carbocycles. The van der Waals surface area contributed by atoms with Crippen molar-refractivity contribution in [1.82, 2.24) is 19.1 Å². The second-order valence-corrected chi connectivity index (χ2v) is 14.4. The Bertz CT molecular complexity index is 1180. The number of nitrogens with zero attached hydrogens (tertiary/aromatic N) is 4. The van der Waals surface area contributed by atoms with Gasteiger partial charge >= 0.3 is 11.4 Å². The molecule has 5 N–H and O–H groups in total. The number of anilines is 2. The lowest BCUT2D eigenvalue weighted by Crippen LogP contribution is -2.34. The molecule has 35 heavy (non-hydrogen) atoms. The smallest absolute Gasteiger partial charge is 0.349 e. The van der Waals surface area contributed by atoms with E-state index in [-0.39, 0.29) is 50.2 Å². The minimum Gasteiger partial charge on any atom is -0.394 e. The monoisotopic (exact) mass is 534 g/mol. The summed E-state index contributed by atoms with van der Waals surface area (Å²) >= 11 is 0. The summed E-state index contributed by atoms with van der Waals surface area (Å²) in [6.07, 6.45) is 2.29. The summed E-state index contributed by atoms with van der Waals surface area (Å²) in [5, 5.41) is 9.15. The van der Waals surface area contributed by atoms with Crippen LogP contribution >= 0.6 is 14.5 Å². The van der Waals surface area contributed by atoms with Crippen molar-refractivity contribution in [1.29, 1.82) is 0 Å². The van der Waals surface area contributed by atoms with Crippen LogP contribution in [0.2, 0.25) is 0 Å². The minimum absolute atomic E-state index is 0.0649. The molecule has 1 fully saturated rings. The van der Waals surface area contributed by atoms with E-state index in [2.05, 4.69) is 9.97 Å². The Morgan fingerprint density at radius 2 is 1.77 bits per heavy atom. The number of nitrogen functional groups attached to an aromatic ring is 2. The zero-order valence-corrected chi connectivity index (χ0v) is 21.6. The van der Waals surface area contributed by atoms with Gasteiger partial charge in [-0.3, -0.25) is 13.7 Å². The maximum absolute atomic E-state index is 11.5. The first-order valence-electron chi connectivity index (χ1n) is 10.5. The van der Waals surface area contributed by atoms with E-state index in [1.165, 1.54) is 34.1 Å². The third kappa shape index (κ3) is 10.4. The highest BCUT2D eigenvalue weighted by Gasteiger charge is 2.27. The van der Waals surface area contributed by atoms with Crippen molar-refractivity contribution < 1.29 is 28.2 Å². The molecule has 3 rings (SSSR count). The van der Waals surface area contributed by atoms with Gasteiger partial charge in [-0.1, -0.05) is 0 Å². The molecule has 0 amide bonds. The number of hydrogen-bond acceptors (Lipinski definition) is 12. The Morgan fingerprint density at radius 3 is 2.23 bits per heavy atom. The third-order valence-electron chi connectivity index (χ3n) is 4.50. The summed E-state index contributed by atoms with van der Waals surface area (Å²) in [5.74, 6) is 0.328. The van der Waals surface area contributed by atoms with Gasteiger partial charge in [0.15, 0.2) is 0 Å². The highest BCUT2D eigenvalue weighted by molar-refractivity contribution is 7.62. The van der Waals surface area contributed by atoms with Gasteiger partial charge in [0.05, 0.1) is 38.8 Å². The Hall–Kier alpha value is -2.34. The highest BCUT2D eigenvalue weighted by atomic mass is 31.2. The van der Waals surface area contributed by atoms with Crippen molar-refractivity contribution in [2.24, 2.45) is 0 Å². The van der Waals surface area contributed by atoms with Crippen LogP contribution in [0.25, 0.3) is 0 Å². The van der Waals surface area contributed by atoms with Crippen LogP contribution in [0.3, 0.4) is 0 Å². The Morgan fingerprint density at radius 1 is 1.20 bits per heavy atom. The van der Waals surface area contributed by atoms with E-state index in [1.54, 1.807) is 19.5 Å². The first-order chi connectivity index (χ1) is 16.3. The van der Waals surface area contributed by atoms with E-state index in [4.69, 9.17) is 30.6 Å². The van der Waals surface area contributed by atoms with Crippen molar-refractivity contribution >= 4 is 26.1 Å². The number of hydrogen-bond donors (Lipinski definition) is 3. The van der Waals surface area contributed by atoms with Crippen LogP contribution < -0.4 is 22.8 Å². The number of nitrogens with two attached hydrogens (primary N) is 2. The summed E-state index contributed by atoms with van der Waals surface area (Å²) in [6, 6.07) is 3.02. The van der Waals surface area contributed by atoms with Gasteiger partial charge in [-0.05, 0) is 25.5 Å². The predicted octanol–water partition coefficient (Wildman–Crippen LogP) is -0.110. The van der Waals surface area contributed by atoms with Crippen molar-refractivity contribution in [2.45, 2.75) is 25.3 Å². The molecule has 3 heterocycles. The average Bonchev–Trinajstić information content (AvgIpc) is 2.75. The molecule has 1 unspecified atom stereocenters. The number of aliphatic hydroxyl groups is 1. The summed E-state index contributed by atoms with van der Waals surface area (Å²) in [4.78, 5) is 30.1. The zero-order chi connectivity index (χ0) is 26.2. The standard InChI is InChI=1S/C10H18N3O4P.C9H14N3O4P/c1-18(2,16)7-17-8(6-14)5-13-4-3-9(11)12-10(13)15;1-17(14)6-15-7(5-16-17)4-12-3-2-8(10)11-9(12)13/h3-4,8,14H,5-7H2,1-2H3,(H2,11,12,15);2-3,7H,4-6H2,1H3,(H2,10,11,13)/t8-;7-,17?/m00/s1. The van der Waals surface area contributed by atoms with Crippen LogP contribution in [0.15, 0.2) is 34.1 Å². The molecule has 3 atom stereocenters. The largest absolute Gasteiger partial charge is 0.394 e. The summed E-state index contributed by atoms with van der Waals surface area (Å²) in [6.45, 7) is 5.12. The van der Waals surface area contributed by atoms with Crippen LogP contribution in [0, 0.1) is 0 Å². The molecule has 196 valence electrons. The lowest BCUT2D eigenvalue weighted by Gasteiger charge is -2.27. The van der Waals surface area contributed by atoms with Crippen LogP contribution in [0.5, 0.6) is 0 Å². The predicted molar refractivity (Wildman–Crippen MR) is 131 cm³/mol. The van der Waals surface area contributed by atoms with Crippen LogP contribution in [0.4, 0.5) is 11.6 Å². The molecule has 0 radical (unpaired) electrons. The second kappa shape index (κ2) is 12.6. The van der Waals surface area contributed by atoms with Gasteiger partial charge in [0.2, 0.25) is 7.37 Å². The number of aliphatic hydroxyl groups excluding tert-OH is 1. The van der Waals surface area contributed by atoms with Crippen LogP contribution in [-0.2, 0) is 36.2 Å². The molecule has 0 saturated carbocycles. The number of aromatic nitrogens is 4. The van der Waals surface area contributed by atoms with E-state index in [0.29, 0.717) is 6.54 Å². The molecule has 0 spiro atoms. The van der Waals surface area contributed by atoms with E-state index in [0.717, 1.165) is 0 Å². The van der Waals surface area contributed by atoms with E-state index in [1.807, 2.05) is 0 Å². The molecular weight excluding hydrogens is 502 g/mol. The maximum Gasteiger partial charge on any atom is 0.349 e.